The second-order valence-electron chi connectivity index (χ2n) is 16.0. The maximum Gasteiger partial charge on any atom is 0.186 e. The second kappa shape index (κ2) is 30.5. The molecular weight excluding hydrogens is 868 g/mol. The predicted molar refractivity (Wildman–Crippen MR) is 215 cm³/mol. The van der Waals surface area contributed by atoms with Crippen LogP contribution in [-0.4, -0.2) is 272 Å². The molecule has 384 valence electrons. The highest BCUT2D eigenvalue weighted by Crippen LogP contribution is 2.28. The Kier molecular flexibility index (Phi) is 29.1. The molecule has 0 aromatic heterocycles. The van der Waals surface area contributed by atoms with Crippen LogP contribution in [0.3, 0.4) is 0 Å². The Hall–Kier alpha value is -1.00. The van der Waals surface area contributed by atoms with E-state index < -0.39 is 129 Å². The minimum atomic E-state index is -1.36. The van der Waals surface area contributed by atoms with Crippen LogP contribution < -0.4 is 0 Å². The summed E-state index contributed by atoms with van der Waals surface area (Å²) in [7, 11) is 5.67. The first-order valence-electron chi connectivity index (χ1n) is 21.1. The minimum Gasteiger partial charge on any atom is -0.394 e. The normalized spacial score (nSPS) is 45.8. The van der Waals surface area contributed by atoms with Crippen LogP contribution in [0.2, 0.25) is 0 Å². The monoisotopic (exact) mass is 946 g/mol. The van der Waals surface area contributed by atoms with E-state index in [1.54, 1.807) is 20.8 Å². The summed E-state index contributed by atoms with van der Waals surface area (Å²) >= 11 is 0. The fourth-order valence-corrected chi connectivity index (χ4v) is 7.19. The van der Waals surface area contributed by atoms with E-state index in [1.807, 2.05) is 6.92 Å². The quantitative estimate of drug-likeness (QED) is 0.0967. The van der Waals surface area contributed by atoms with Crippen molar-refractivity contribution in [3.8, 4) is 0 Å². The highest BCUT2D eigenvalue weighted by molar-refractivity contribution is 4.90. The SMILES string of the molecule is CC[C@H]1C[C@@H](O)[C@H](O)[C@@H](CO)O1.CO[C@@H]1O[C@H](CO)[C@@H](O)[C@H](O)[C@@H]1C.CO[C@@H]1O[C@H](CO)[C@@H](O)[C@H](O)[C@H]1C.CO[C@H]1O[C@H](CO)[C@@H](O)[C@H](O)[C@@H]1O.CO[C@H]1O[C@H](CO)[C@@H](O)[C@H](O)[C@H]1C. The van der Waals surface area contributed by atoms with Gasteiger partial charge in [0.25, 0.3) is 0 Å². The summed E-state index contributed by atoms with van der Waals surface area (Å²) < 4.78 is 45.4. The molecule has 5 saturated heterocycles. The van der Waals surface area contributed by atoms with Gasteiger partial charge in [0.2, 0.25) is 0 Å². The van der Waals surface area contributed by atoms with Gasteiger partial charge >= 0.3 is 0 Å². The highest BCUT2D eigenvalue weighted by Gasteiger charge is 2.45. The smallest absolute Gasteiger partial charge is 0.186 e. The lowest BCUT2D eigenvalue weighted by Gasteiger charge is -2.40. The van der Waals surface area contributed by atoms with Crippen LogP contribution in [0.15, 0.2) is 0 Å². The highest BCUT2D eigenvalue weighted by atomic mass is 16.7. The molecule has 64 heavy (non-hydrogen) atoms. The molecule has 0 aromatic rings. The van der Waals surface area contributed by atoms with Gasteiger partial charge in [-0.1, -0.05) is 27.7 Å². The molecule has 0 aliphatic carbocycles. The second-order valence-corrected chi connectivity index (χ2v) is 16.0. The Morgan fingerprint density at radius 3 is 0.891 bits per heavy atom. The van der Waals surface area contributed by atoms with Crippen LogP contribution in [-0.2, 0) is 42.6 Å². The lowest BCUT2D eigenvalue weighted by Crippen LogP contribution is -2.58. The summed E-state index contributed by atoms with van der Waals surface area (Å²) in [4.78, 5) is 0. The molecule has 25 heteroatoms. The largest absolute Gasteiger partial charge is 0.394 e. The van der Waals surface area contributed by atoms with Crippen molar-refractivity contribution in [2.75, 3.05) is 61.5 Å². The van der Waals surface area contributed by atoms with E-state index >= 15 is 0 Å². The van der Waals surface area contributed by atoms with Gasteiger partial charge in [-0.3, -0.25) is 0 Å². The Bertz CT molecular complexity index is 975. The van der Waals surface area contributed by atoms with Gasteiger partial charge in [-0.15, -0.1) is 0 Å². The summed E-state index contributed by atoms with van der Waals surface area (Å²) in [5.74, 6) is -0.909. The van der Waals surface area contributed by atoms with Gasteiger partial charge in [0, 0.05) is 52.6 Å². The molecule has 5 aliphatic heterocycles. The van der Waals surface area contributed by atoms with Crippen molar-refractivity contribution in [2.24, 2.45) is 17.8 Å². The number of methoxy groups -OCH3 is 4. The number of hydrogen-bond donors (Lipinski definition) is 16. The van der Waals surface area contributed by atoms with Gasteiger partial charge < -0.3 is 124 Å². The summed E-state index contributed by atoms with van der Waals surface area (Å²) in [5, 5.41) is 147. The minimum absolute atomic E-state index is 0.0412. The summed E-state index contributed by atoms with van der Waals surface area (Å²) in [6.45, 7) is 5.43. The molecule has 0 bridgehead atoms. The number of aliphatic hydroxyl groups is 16. The Labute approximate surface area is 372 Å². The summed E-state index contributed by atoms with van der Waals surface area (Å²) in [5.41, 5.74) is 0. The van der Waals surface area contributed by atoms with E-state index in [9.17, 15) is 56.2 Å². The van der Waals surface area contributed by atoms with Crippen LogP contribution in [0.25, 0.3) is 0 Å². The van der Waals surface area contributed by atoms with Crippen molar-refractivity contribution in [3.63, 3.8) is 0 Å². The lowest BCUT2D eigenvalue weighted by atomic mass is 9.93. The molecule has 0 aromatic carbocycles. The zero-order valence-corrected chi connectivity index (χ0v) is 37.6. The first-order chi connectivity index (χ1) is 30.1. The molecular formula is C39H78O25. The molecule has 5 aliphatic rings. The standard InChI is InChI=1S/3C8H16O5.C8H16O4.C7H14O6/c3*1-4-6(10)7(11)5(3-9)13-8(4)12-2;1-2-5-3-6(10)8(11)7(4-9)12-5;1-12-7-6(11)5(10)4(9)3(2-8)13-7/h3*4-11H,3H2,1-2H3;5-11H,2-4H2,1H3;3-11H,2H2,1H3/t4-,5+,6+,7+,8+;4-,5-,6-,7-,8+;4-,5-,6-,7-,8-;5-,6+,7+,8-;3-,4-,5+,6+,7+/m01101/s1. The molecule has 16 N–H and O–H groups in total. The van der Waals surface area contributed by atoms with Crippen LogP contribution >= 0.6 is 0 Å². The van der Waals surface area contributed by atoms with Crippen molar-refractivity contribution >= 4 is 0 Å². The molecule has 24 atom stereocenters. The first-order valence-corrected chi connectivity index (χ1v) is 21.1. The molecule has 0 spiro atoms. The Morgan fingerprint density at radius 2 is 0.625 bits per heavy atom. The number of ether oxygens (including phenoxy) is 9. The van der Waals surface area contributed by atoms with E-state index in [1.165, 1.54) is 28.4 Å². The van der Waals surface area contributed by atoms with Gasteiger partial charge in [-0.05, 0) is 6.42 Å². The van der Waals surface area contributed by atoms with Crippen LogP contribution in [0.4, 0.5) is 0 Å². The predicted octanol–water partition coefficient (Wildman–Crippen LogP) is -7.18. The van der Waals surface area contributed by atoms with Crippen molar-refractivity contribution in [1.29, 1.82) is 0 Å². The molecule has 0 unspecified atom stereocenters. The summed E-state index contributed by atoms with van der Waals surface area (Å²) in [6, 6.07) is 0. The zero-order valence-electron chi connectivity index (χ0n) is 37.6. The molecule has 5 heterocycles. The van der Waals surface area contributed by atoms with Crippen molar-refractivity contribution in [1.82, 2.24) is 0 Å². The Morgan fingerprint density at radius 1 is 0.359 bits per heavy atom. The van der Waals surface area contributed by atoms with E-state index in [-0.39, 0.29) is 50.3 Å². The van der Waals surface area contributed by atoms with Crippen molar-refractivity contribution in [3.05, 3.63) is 0 Å². The van der Waals surface area contributed by atoms with E-state index in [2.05, 4.69) is 0 Å². The maximum absolute atomic E-state index is 9.53. The molecule has 0 amide bonds. The van der Waals surface area contributed by atoms with Crippen molar-refractivity contribution in [2.45, 2.75) is 169 Å². The van der Waals surface area contributed by atoms with E-state index in [4.69, 9.17) is 68.2 Å². The first kappa shape index (κ1) is 61.0. The third-order valence-corrected chi connectivity index (χ3v) is 11.6. The molecule has 5 fully saturated rings. The van der Waals surface area contributed by atoms with Gasteiger partial charge in [0.15, 0.2) is 25.2 Å². The maximum atomic E-state index is 9.53. The van der Waals surface area contributed by atoms with E-state index in [0.29, 0.717) is 6.42 Å². The number of aliphatic hydroxyl groups excluding tert-OH is 16. The Balaban J connectivity index is 0.000000400. The van der Waals surface area contributed by atoms with Crippen molar-refractivity contribution < 1.29 is 124 Å². The van der Waals surface area contributed by atoms with Crippen LogP contribution in [0.5, 0.6) is 0 Å². The molecule has 25 nitrogen and oxygen atoms in total. The average molecular weight is 947 g/mol. The lowest BCUT2D eigenvalue weighted by molar-refractivity contribution is -0.294. The van der Waals surface area contributed by atoms with Gasteiger partial charge in [0.05, 0.1) is 63.6 Å². The fourth-order valence-electron chi connectivity index (χ4n) is 7.19. The third-order valence-electron chi connectivity index (χ3n) is 11.6. The number of rotatable bonds is 10. The van der Waals surface area contributed by atoms with Gasteiger partial charge in [0.1, 0.15) is 73.2 Å². The molecule has 0 saturated carbocycles. The van der Waals surface area contributed by atoms with E-state index in [0.717, 1.165) is 6.42 Å². The van der Waals surface area contributed by atoms with Gasteiger partial charge in [-0.2, -0.15) is 0 Å². The third kappa shape index (κ3) is 16.6. The van der Waals surface area contributed by atoms with Crippen LogP contribution in [0.1, 0.15) is 40.5 Å². The number of hydrogen-bond acceptors (Lipinski definition) is 25. The fraction of sp³-hybridized carbons (Fsp3) is 1.00. The van der Waals surface area contributed by atoms with Gasteiger partial charge in [-0.25, -0.2) is 0 Å². The molecule has 5 rings (SSSR count). The summed E-state index contributed by atoms with van der Waals surface area (Å²) in [6.07, 6.45) is -17.0. The topological polar surface area (TPSA) is 407 Å². The molecule has 0 radical (unpaired) electrons. The van der Waals surface area contributed by atoms with Crippen LogP contribution in [0, 0.1) is 17.8 Å². The average Bonchev–Trinajstić information content (AvgIpc) is 3.30. The zero-order chi connectivity index (χ0) is 49.2.